The van der Waals surface area contributed by atoms with Crippen molar-refractivity contribution in [3.8, 4) is 5.75 Å². The molecule has 1 rings (SSSR count). The maximum absolute atomic E-state index is 8.80. The van der Waals surface area contributed by atoms with Crippen LogP contribution in [0.15, 0.2) is 16.6 Å². The number of hydroxylamine groups is 1. The molecule has 0 spiro atoms. The van der Waals surface area contributed by atoms with Crippen molar-refractivity contribution in [2.24, 2.45) is 0 Å². The zero-order chi connectivity index (χ0) is 12.3. The predicted molar refractivity (Wildman–Crippen MR) is 68.0 cm³/mol. The second kappa shape index (κ2) is 5.17. The lowest BCUT2D eigenvalue weighted by Gasteiger charge is -2.24. The Labute approximate surface area is 105 Å². The van der Waals surface area contributed by atoms with Crippen LogP contribution in [0.3, 0.4) is 0 Å². The number of rotatable bonds is 3. The van der Waals surface area contributed by atoms with E-state index in [-0.39, 0.29) is 5.41 Å². The third kappa shape index (κ3) is 2.97. The van der Waals surface area contributed by atoms with Crippen LogP contribution in [-0.2, 0) is 12.0 Å². The van der Waals surface area contributed by atoms with Crippen LogP contribution in [0.5, 0.6) is 5.75 Å². The Morgan fingerprint density at radius 1 is 1.38 bits per heavy atom. The van der Waals surface area contributed by atoms with E-state index >= 15 is 0 Å². The molecule has 16 heavy (non-hydrogen) atoms. The highest BCUT2D eigenvalue weighted by Gasteiger charge is 2.21. The van der Waals surface area contributed by atoms with Crippen molar-refractivity contribution in [2.75, 3.05) is 7.11 Å². The summed E-state index contributed by atoms with van der Waals surface area (Å²) >= 11 is 3.47. The number of benzene rings is 1. The van der Waals surface area contributed by atoms with Crippen molar-refractivity contribution in [1.29, 1.82) is 0 Å². The number of halogens is 1. The van der Waals surface area contributed by atoms with E-state index in [0.29, 0.717) is 6.54 Å². The summed E-state index contributed by atoms with van der Waals surface area (Å²) in [5.74, 6) is 0.831. The molecule has 0 aromatic heterocycles. The number of hydrogen-bond acceptors (Lipinski definition) is 3. The van der Waals surface area contributed by atoms with Crippen molar-refractivity contribution < 1.29 is 9.94 Å². The second-order valence-electron chi connectivity index (χ2n) is 4.73. The first-order valence-electron chi connectivity index (χ1n) is 5.14. The van der Waals surface area contributed by atoms with Crippen LogP contribution in [0.1, 0.15) is 31.9 Å². The average molecular weight is 288 g/mol. The van der Waals surface area contributed by atoms with E-state index < -0.39 is 0 Å². The van der Waals surface area contributed by atoms with Gasteiger partial charge in [0.25, 0.3) is 0 Å². The van der Waals surface area contributed by atoms with Gasteiger partial charge in [-0.3, -0.25) is 0 Å². The molecular formula is C12H18BrNO2. The Morgan fingerprint density at radius 3 is 2.44 bits per heavy atom. The van der Waals surface area contributed by atoms with Crippen LogP contribution >= 0.6 is 15.9 Å². The molecule has 0 unspecified atom stereocenters. The standard InChI is InChI=1S/C12H18BrNO2/c1-12(2,3)10-6-9(13)5-8(7-14-15)11(10)16-4/h5-6,14-15H,7H2,1-4H3. The SMILES string of the molecule is COc1c(CNO)cc(Br)cc1C(C)(C)C. The van der Waals surface area contributed by atoms with Crippen LogP contribution in [0.2, 0.25) is 0 Å². The first-order valence-corrected chi connectivity index (χ1v) is 5.93. The second-order valence-corrected chi connectivity index (χ2v) is 5.65. The molecule has 0 atom stereocenters. The largest absolute Gasteiger partial charge is 0.496 e. The van der Waals surface area contributed by atoms with Crippen LogP contribution < -0.4 is 10.2 Å². The minimum Gasteiger partial charge on any atom is -0.496 e. The molecule has 3 nitrogen and oxygen atoms in total. The summed E-state index contributed by atoms with van der Waals surface area (Å²) in [5, 5.41) is 8.80. The smallest absolute Gasteiger partial charge is 0.127 e. The highest BCUT2D eigenvalue weighted by atomic mass is 79.9. The lowest BCUT2D eigenvalue weighted by atomic mass is 9.85. The third-order valence-electron chi connectivity index (χ3n) is 2.41. The number of methoxy groups -OCH3 is 1. The Balaban J connectivity index is 3.36. The van der Waals surface area contributed by atoms with E-state index in [1.165, 1.54) is 0 Å². The van der Waals surface area contributed by atoms with Crippen molar-refractivity contribution >= 4 is 15.9 Å². The van der Waals surface area contributed by atoms with Gasteiger partial charge in [-0.2, -0.15) is 0 Å². The van der Waals surface area contributed by atoms with Gasteiger partial charge in [-0.15, -0.1) is 0 Å². The minimum atomic E-state index is -0.000666. The topological polar surface area (TPSA) is 41.5 Å². The minimum absolute atomic E-state index is 0.000666. The van der Waals surface area contributed by atoms with E-state index in [2.05, 4.69) is 48.2 Å². The lowest BCUT2D eigenvalue weighted by Crippen LogP contribution is -2.16. The van der Waals surface area contributed by atoms with Gasteiger partial charge in [0.05, 0.1) is 7.11 Å². The Hall–Kier alpha value is -0.580. The molecule has 0 bridgehead atoms. The number of hydrogen-bond donors (Lipinski definition) is 2. The molecule has 0 amide bonds. The fraction of sp³-hybridized carbons (Fsp3) is 0.500. The van der Waals surface area contributed by atoms with E-state index in [1.54, 1.807) is 7.11 Å². The molecule has 0 aliphatic carbocycles. The molecule has 0 fully saturated rings. The highest BCUT2D eigenvalue weighted by molar-refractivity contribution is 9.10. The summed E-state index contributed by atoms with van der Waals surface area (Å²) in [7, 11) is 1.65. The zero-order valence-electron chi connectivity index (χ0n) is 10.1. The van der Waals surface area contributed by atoms with Crippen LogP contribution in [-0.4, -0.2) is 12.3 Å². The van der Waals surface area contributed by atoms with Gasteiger partial charge >= 0.3 is 0 Å². The monoisotopic (exact) mass is 287 g/mol. The molecular weight excluding hydrogens is 270 g/mol. The van der Waals surface area contributed by atoms with E-state index in [4.69, 9.17) is 9.94 Å². The zero-order valence-corrected chi connectivity index (χ0v) is 11.7. The first-order chi connectivity index (χ1) is 7.40. The molecule has 90 valence electrons. The van der Waals surface area contributed by atoms with Gasteiger partial charge in [0.1, 0.15) is 5.75 Å². The molecule has 0 saturated carbocycles. The first kappa shape index (κ1) is 13.5. The summed E-state index contributed by atoms with van der Waals surface area (Å²) in [6.45, 7) is 6.76. The molecule has 0 aliphatic rings. The molecule has 1 aromatic rings. The molecule has 1 aromatic carbocycles. The van der Waals surface area contributed by atoms with E-state index in [0.717, 1.165) is 21.3 Å². The Kier molecular flexibility index (Phi) is 4.35. The maximum Gasteiger partial charge on any atom is 0.127 e. The van der Waals surface area contributed by atoms with Gasteiger partial charge in [-0.05, 0) is 17.5 Å². The summed E-state index contributed by atoms with van der Waals surface area (Å²) in [6, 6.07) is 4.00. The molecule has 0 aliphatic heterocycles. The number of nitrogens with one attached hydrogen (secondary N) is 1. The van der Waals surface area contributed by atoms with Crippen molar-refractivity contribution in [3.05, 3.63) is 27.7 Å². The maximum atomic E-state index is 8.80. The normalized spacial score (nSPS) is 11.6. The summed E-state index contributed by atoms with van der Waals surface area (Å²) < 4.78 is 6.43. The van der Waals surface area contributed by atoms with Gasteiger partial charge in [0.15, 0.2) is 0 Å². The fourth-order valence-electron chi connectivity index (χ4n) is 1.66. The molecule has 0 radical (unpaired) electrons. The molecule has 4 heteroatoms. The summed E-state index contributed by atoms with van der Waals surface area (Å²) in [6.07, 6.45) is 0. The van der Waals surface area contributed by atoms with Gasteiger partial charge in [-0.25, -0.2) is 5.48 Å². The summed E-state index contributed by atoms with van der Waals surface area (Å²) in [5.41, 5.74) is 4.22. The van der Waals surface area contributed by atoms with Crippen molar-refractivity contribution in [2.45, 2.75) is 32.7 Å². The lowest BCUT2D eigenvalue weighted by molar-refractivity contribution is 0.160. The molecule has 0 saturated heterocycles. The predicted octanol–water partition coefficient (Wildman–Crippen LogP) is 3.23. The van der Waals surface area contributed by atoms with E-state index in [9.17, 15) is 0 Å². The Morgan fingerprint density at radius 2 is 2.00 bits per heavy atom. The van der Waals surface area contributed by atoms with Crippen LogP contribution in [0.25, 0.3) is 0 Å². The van der Waals surface area contributed by atoms with E-state index in [1.807, 2.05) is 6.07 Å². The molecule has 0 heterocycles. The third-order valence-corrected chi connectivity index (χ3v) is 2.87. The fourth-order valence-corrected chi connectivity index (χ4v) is 2.17. The highest BCUT2D eigenvalue weighted by Crippen LogP contribution is 2.36. The average Bonchev–Trinajstić information content (AvgIpc) is 2.16. The van der Waals surface area contributed by atoms with Gasteiger partial charge in [0, 0.05) is 22.1 Å². The quantitative estimate of drug-likeness (QED) is 0.839. The summed E-state index contributed by atoms with van der Waals surface area (Å²) in [4.78, 5) is 0. The molecule has 2 N–H and O–H groups in total. The van der Waals surface area contributed by atoms with Gasteiger partial charge in [-0.1, -0.05) is 36.7 Å². The van der Waals surface area contributed by atoms with Crippen molar-refractivity contribution in [3.63, 3.8) is 0 Å². The van der Waals surface area contributed by atoms with Crippen LogP contribution in [0, 0.1) is 0 Å². The number of ether oxygens (including phenoxy) is 1. The van der Waals surface area contributed by atoms with Crippen molar-refractivity contribution in [1.82, 2.24) is 5.48 Å². The van der Waals surface area contributed by atoms with Gasteiger partial charge < -0.3 is 9.94 Å². The van der Waals surface area contributed by atoms with Gasteiger partial charge in [0.2, 0.25) is 0 Å². The Bertz CT molecular complexity index is 372. The van der Waals surface area contributed by atoms with Crippen LogP contribution in [0.4, 0.5) is 0 Å².